The Morgan fingerprint density at radius 1 is 1.47 bits per heavy atom. The highest BCUT2D eigenvalue weighted by Crippen LogP contribution is 2.17. The highest BCUT2D eigenvalue weighted by Gasteiger charge is 2.11. The van der Waals surface area contributed by atoms with Crippen molar-refractivity contribution in [2.24, 2.45) is 0 Å². The highest BCUT2D eigenvalue weighted by atomic mass is 35.5. The van der Waals surface area contributed by atoms with Gasteiger partial charge in [0, 0.05) is 10.7 Å². The minimum Gasteiger partial charge on any atom is -0.476 e. The van der Waals surface area contributed by atoms with Crippen LogP contribution < -0.4 is 0 Å². The molecule has 1 aromatic carbocycles. The molecule has 0 amide bonds. The molecule has 5 heteroatoms. The van der Waals surface area contributed by atoms with E-state index in [9.17, 15) is 4.79 Å². The summed E-state index contributed by atoms with van der Waals surface area (Å²) in [5.74, 6) is -1.02. The van der Waals surface area contributed by atoms with Crippen LogP contribution in [0.1, 0.15) is 21.7 Å². The van der Waals surface area contributed by atoms with Crippen LogP contribution in [0, 0.1) is 6.92 Å². The number of carbonyl (C=O) groups is 1. The number of carboxylic acids is 1. The molecule has 1 N–H and O–H groups in total. The fraction of sp³-hybridized carbons (Fsp3) is 0.167. The van der Waals surface area contributed by atoms with E-state index in [1.165, 1.54) is 0 Å². The second-order valence-electron chi connectivity index (χ2n) is 3.73. The van der Waals surface area contributed by atoms with Gasteiger partial charge >= 0.3 is 5.97 Å². The van der Waals surface area contributed by atoms with Crippen LogP contribution >= 0.6 is 11.6 Å². The molecule has 4 nitrogen and oxygen atoms in total. The van der Waals surface area contributed by atoms with E-state index < -0.39 is 5.97 Å². The average molecular weight is 251 g/mol. The Morgan fingerprint density at radius 2 is 2.18 bits per heavy atom. The lowest BCUT2D eigenvalue weighted by Gasteiger charge is -2.05. The highest BCUT2D eigenvalue weighted by molar-refractivity contribution is 6.31. The van der Waals surface area contributed by atoms with Crippen LogP contribution in [0.5, 0.6) is 0 Å². The molecule has 1 heterocycles. The molecule has 0 bridgehead atoms. The van der Waals surface area contributed by atoms with Gasteiger partial charge in [-0.3, -0.25) is 4.68 Å². The summed E-state index contributed by atoms with van der Waals surface area (Å²) in [5, 5.41) is 13.5. The van der Waals surface area contributed by atoms with Gasteiger partial charge in [-0.05, 0) is 24.6 Å². The van der Waals surface area contributed by atoms with Crippen molar-refractivity contribution in [1.29, 1.82) is 0 Å². The third-order valence-electron chi connectivity index (χ3n) is 2.48. The predicted molar refractivity (Wildman–Crippen MR) is 64.5 cm³/mol. The summed E-state index contributed by atoms with van der Waals surface area (Å²) < 4.78 is 1.63. The van der Waals surface area contributed by atoms with E-state index in [1.807, 2.05) is 25.1 Å². The summed E-state index contributed by atoms with van der Waals surface area (Å²) in [6.07, 6.45) is 0. The number of aromatic carboxylic acids is 1. The van der Waals surface area contributed by atoms with Crippen LogP contribution in [-0.2, 0) is 6.54 Å². The van der Waals surface area contributed by atoms with Gasteiger partial charge in [-0.2, -0.15) is 5.10 Å². The first kappa shape index (κ1) is 11.7. The van der Waals surface area contributed by atoms with Gasteiger partial charge in [0.2, 0.25) is 0 Å². The third-order valence-corrected chi connectivity index (χ3v) is 2.85. The van der Waals surface area contributed by atoms with Crippen molar-refractivity contribution in [2.75, 3.05) is 0 Å². The summed E-state index contributed by atoms with van der Waals surface area (Å²) >= 11 is 6.04. The minimum atomic E-state index is -1.02. The molecule has 0 fully saturated rings. The van der Waals surface area contributed by atoms with Crippen molar-refractivity contribution in [3.8, 4) is 0 Å². The van der Waals surface area contributed by atoms with Crippen LogP contribution in [-0.4, -0.2) is 20.9 Å². The van der Waals surface area contributed by atoms with E-state index in [4.69, 9.17) is 16.7 Å². The number of aromatic nitrogens is 2. The van der Waals surface area contributed by atoms with Crippen LogP contribution in [0.4, 0.5) is 0 Å². The molecule has 0 aliphatic heterocycles. The molecule has 0 saturated heterocycles. The Morgan fingerprint density at radius 3 is 2.76 bits per heavy atom. The largest absolute Gasteiger partial charge is 0.476 e. The molecule has 2 aromatic rings. The Bertz CT molecular complexity index is 563. The molecule has 17 heavy (non-hydrogen) atoms. The Kier molecular flexibility index (Phi) is 3.15. The van der Waals surface area contributed by atoms with Crippen LogP contribution in [0.25, 0.3) is 0 Å². The number of nitrogens with zero attached hydrogens (tertiary/aromatic N) is 2. The monoisotopic (exact) mass is 250 g/mol. The fourth-order valence-corrected chi connectivity index (χ4v) is 1.76. The number of hydrogen-bond donors (Lipinski definition) is 1. The second-order valence-corrected chi connectivity index (χ2v) is 4.13. The zero-order valence-electron chi connectivity index (χ0n) is 9.22. The van der Waals surface area contributed by atoms with Crippen LogP contribution in [0.3, 0.4) is 0 Å². The zero-order valence-corrected chi connectivity index (χ0v) is 9.98. The molecular formula is C12H11ClN2O2. The molecule has 2 rings (SSSR count). The van der Waals surface area contributed by atoms with Gasteiger partial charge in [0.25, 0.3) is 0 Å². The molecule has 0 radical (unpaired) electrons. The first-order valence-corrected chi connectivity index (χ1v) is 5.47. The predicted octanol–water partition coefficient (Wildman–Crippen LogP) is 2.59. The Labute approximate surface area is 103 Å². The molecular weight excluding hydrogens is 240 g/mol. The maximum Gasteiger partial charge on any atom is 0.356 e. The lowest BCUT2D eigenvalue weighted by molar-refractivity contribution is 0.0689. The first-order valence-electron chi connectivity index (χ1n) is 5.09. The average Bonchev–Trinajstić information content (AvgIpc) is 2.64. The SMILES string of the molecule is Cc1cc(C(=O)O)nn1Cc1ccccc1Cl. The Balaban J connectivity index is 2.30. The van der Waals surface area contributed by atoms with Gasteiger partial charge in [0.1, 0.15) is 0 Å². The molecule has 0 unspecified atom stereocenters. The minimum absolute atomic E-state index is 0.0505. The number of carboxylic acid groups (broad SMARTS) is 1. The van der Waals surface area contributed by atoms with E-state index in [-0.39, 0.29) is 5.69 Å². The van der Waals surface area contributed by atoms with E-state index in [1.54, 1.807) is 16.8 Å². The number of hydrogen-bond acceptors (Lipinski definition) is 2. The summed E-state index contributed by atoms with van der Waals surface area (Å²) in [5.41, 5.74) is 1.76. The molecule has 0 aliphatic rings. The molecule has 88 valence electrons. The summed E-state index contributed by atoms with van der Waals surface area (Å²) in [4.78, 5) is 10.8. The summed E-state index contributed by atoms with van der Waals surface area (Å²) in [6.45, 7) is 2.29. The van der Waals surface area contributed by atoms with Gasteiger partial charge in [0.15, 0.2) is 5.69 Å². The molecule has 1 aromatic heterocycles. The van der Waals surface area contributed by atoms with Crippen molar-refractivity contribution in [1.82, 2.24) is 9.78 Å². The van der Waals surface area contributed by atoms with Crippen molar-refractivity contribution in [3.63, 3.8) is 0 Å². The standard InChI is InChI=1S/C12H11ClN2O2/c1-8-6-11(12(16)17)14-15(8)7-9-4-2-3-5-10(9)13/h2-6H,7H2,1H3,(H,16,17). The number of aryl methyl sites for hydroxylation is 1. The second kappa shape index (κ2) is 4.59. The van der Waals surface area contributed by atoms with Crippen LogP contribution in [0.2, 0.25) is 5.02 Å². The lowest BCUT2D eigenvalue weighted by atomic mass is 10.2. The summed E-state index contributed by atoms with van der Waals surface area (Å²) in [6, 6.07) is 8.97. The summed E-state index contributed by atoms with van der Waals surface area (Å²) in [7, 11) is 0. The Hall–Kier alpha value is -1.81. The van der Waals surface area contributed by atoms with Crippen molar-refractivity contribution in [3.05, 3.63) is 52.3 Å². The van der Waals surface area contributed by atoms with Crippen molar-refractivity contribution < 1.29 is 9.90 Å². The fourth-order valence-electron chi connectivity index (χ4n) is 1.56. The topological polar surface area (TPSA) is 55.1 Å². The first-order chi connectivity index (χ1) is 8.08. The van der Waals surface area contributed by atoms with Gasteiger partial charge < -0.3 is 5.11 Å². The number of benzene rings is 1. The zero-order chi connectivity index (χ0) is 12.4. The van der Waals surface area contributed by atoms with E-state index in [0.717, 1.165) is 11.3 Å². The van der Waals surface area contributed by atoms with E-state index >= 15 is 0 Å². The van der Waals surface area contributed by atoms with Gasteiger partial charge in [-0.25, -0.2) is 4.79 Å². The normalized spacial score (nSPS) is 10.5. The van der Waals surface area contributed by atoms with E-state index in [2.05, 4.69) is 5.10 Å². The third kappa shape index (κ3) is 2.47. The van der Waals surface area contributed by atoms with E-state index in [0.29, 0.717) is 11.6 Å². The van der Waals surface area contributed by atoms with Crippen molar-refractivity contribution in [2.45, 2.75) is 13.5 Å². The quantitative estimate of drug-likeness (QED) is 0.911. The molecule has 0 atom stereocenters. The smallest absolute Gasteiger partial charge is 0.356 e. The number of rotatable bonds is 3. The van der Waals surface area contributed by atoms with Gasteiger partial charge in [0.05, 0.1) is 6.54 Å². The molecule has 0 saturated carbocycles. The van der Waals surface area contributed by atoms with Crippen molar-refractivity contribution >= 4 is 17.6 Å². The molecule has 0 spiro atoms. The van der Waals surface area contributed by atoms with Gasteiger partial charge in [-0.1, -0.05) is 29.8 Å². The van der Waals surface area contributed by atoms with Crippen LogP contribution in [0.15, 0.2) is 30.3 Å². The maximum absolute atomic E-state index is 10.8. The van der Waals surface area contributed by atoms with Gasteiger partial charge in [-0.15, -0.1) is 0 Å². The number of halogens is 1. The lowest BCUT2D eigenvalue weighted by Crippen LogP contribution is -2.06. The maximum atomic E-state index is 10.8. The molecule has 0 aliphatic carbocycles.